The lowest BCUT2D eigenvalue weighted by atomic mass is 10.0. The first kappa shape index (κ1) is 15.0. The number of unbranched alkanes of at least 4 members (excludes halogenated alkanes) is 2. The number of carbonyl (C=O) groups is 1. The van der Waals surface area contributed by atoms with E-state index in [1.807, 2.05) is 12.1 Å². The van der Waals surface area contributed by atoms with Gasteiger partial charge in [-0.3, -0.25) is 4.79 Å². The fourth-order valence-electron chi connectivity index (χ4n) is 2.64. The number of piperidine rings is 1. The molecular formula is C17H26N2O. The van der Waals surface area contributed by atoms with E-state index in [0.29, 0.717) is 0 Å². The van der Waals surface area contributed by atoms with Crippen molar-refractivity contribution in [2.24, 2.45) is 0 Å². The van der Waals surface area contributed by atoms with E-state index in [-0.39, 0.29) is 11.9 Å². The van der Waals surface area contributed by atoms with E-state index in [0.717, 1.165) is 31.5 Å². The molecule has 1 aliphatic rings. The summed E-state index contributed by atoms with van der Waals surface area (Å²) in [4.78, 5) is 12.1. The molecule has 0 aromatic heterocycles. The Kier molecular flexibility index (Phi) is 6.06. The minimum atomic E-state index is -0.0204. The van der Waals surface area contributed by atoms with Gasteiger partial charge in [0.15, 0.2) is 0 Å². The summed E-state index contributed by atoms with van der Waals surface area (Å²) in [5.41, 5.74) is 2.26. The molecule has 0 radical (unpaired) electrons. The van der Waals surface area contributed by atoms with Gasteiger partial charge in [0.1, 0.15) is 0 Å². The van der Waals surface area contributed by atoms with Gasteiger partial charge in [0.05, 0.1) is 6.04 Å². The van der Waals surface area contributed by atoms with Crippen molar-refractivity contribution >= 4 is 11.6 Å². The molecular weight excluding hydrogens is 248 g/mol. The first-order valence-electron chi connectivity index (χ1n) is 7.93. The molecule has 2 N–H and O–H groups in total. The fourth-order valence-corrected chi connectivity index (χ4v) is 2.64. The highest BCUT2D eigenvalue weighted by Crippen LogP contribution is 2.14. The van der Waals surface area contributed by atoms with Gasteiger partial charge in [0, 0.05) is 5.69 Å². The van der Waals surface area contributed by atoms with E-state index in [4.69, 9.17) is 0 Å². The molecule has 3 nitrogen and oxygen atoms in total. The largest absolute Gasteiger partial charge is 0.325 e. The lowest BCUT2D eigenvalue weighted by Gasteiger charge is -2.22. The highest BCUT2D eigenvalue weighted by molar-refractivity contribution is 5.94. The van der Waals surface area contributed by atoms with Crippen LogP contribution in [0.2, 0.25) is 0 Å². The van der Waals surface area contributed by atoms with E-state index in [1.54, 1.807) is 0 Å². The summed E-state index contributed by atoms with van der Waals surface area (Å²) in [5.74, 6) is 0.100. The van der Waals surface area contributed by atoms with Gasteiger partial charge in [-0.15, -0.1) is 0 Å². The number of nitrogens with one attached hydrogen (secondary N) is 2. The van der Waals surface area contributed by atoms with Crippen molar-refractivity contribution in [3.63, 3.8) is 0 Å². The van der Waals surface area contributed by atoms with Crippen LogP contribution >= 0.6 is 0 Å². The number of hydrogen-bond acceptors (Lipinski definition) is 2. The maximum absolute atomic E-state index is 12.1. The van der Waals surface area contributed by atoms with Crippen molar-refractivity contribution in [1.29, 1.82) is 0 Å². The average Bonchev–Trinajstić information content (AvgIpc) is 2.50. The summed E-state index contributed by atoms with van der Waals surface area (Å²) in [6, 6.07) is 8.26. The fraction of sp³-hybridized carbons (Fsp3) is 0.588. The number of hydrogen-bond donors (Lipinski definition) is 2. The zero-order valence-corrected chi connectivity index (χ0v) is 12.5. The molecule has 110 valence electrons. The predicted octanol–water partition coefficient (Wildman–Crippen LogP) is 3.50. The Balaban J connectivity index is 1.81. The number of rotatable bonds is 6. The average molecular weight is 274 g/mol. The molecule has 20 heavy (non-hydrogen) atoms. The standard InChI is InChI=1S/C17H26N2O/c1-2-3-4-7-14-9-11-15(12-10-14)19-17(20)16-8-5-6-13-18-16/h9-12,16,18H,2-8,13H2,1H3,(H,19,20). The summed E-state index contributed by atoms with van der Waals surface area (Å²) in [6.45, 7) is 3.17. The number of anilines is 1. The lowest BCUT2D eigenvalue weighted by Crippen LogP contribution is -2.43. The van der Waals surface area contributed by atoms with Crippen molar-refractivity contribution in [3.8, 4) is 0 Å². The minimum Gasteiger partial charge on any atom is -0.325 e. The summed E-state index contributed by atoms with van der Waals surface area (Å²) in [5, 5.41) is 6.28. The van der Waals surface area contributed by atoms with Gasteiger partial charge >= 0.3 is 0 Å². The Bertz CT molecular complexity index is 408. The molecule has 1 aliphatic heterocycles. The molecule has 1 unspecified atom stereocenters. The molecule has 0 saturated carbocycles. The van der Waals surface area contributed by atoms with E-state index >= 15 is 0 Å². The SMILES string of the molecule is CCCCCc1ccc(NC(=O)C2CCCCN2)cc1. The van der Waals surface area contributed by atoms with Crippen molar-refractivity contribution in [2.45, 2.75) is 57.9 Å². The second kappa shape index (κ2) is 8.05. The Morgan fingerprint density at radius 3 is 2.70 bits per heavy atom. The Morgan fingerprint density at radius 2 is 2.05 bits per heavy atom. The zero-order valence-electron chi connectivity index (χ0n) is 12.5. The molecule has 1 amide bonds. The van der Waals surface area contributed by atoms with Crippen LogP contribution in [0.4, 0.5) is 5.69 Å². The van der Waals surface area contributed by atoms with Gasteiger partial charge in [0.2, 0.25) is 5.91 Å². The first-order chi connectivity index (χ1) is 9.79. The molecule has 0 bridgehead atoms. The molecule has 1 atom stereocenters. The number of benzene rings is 1. The normalized spacial score (nSPS) is 18.8. The van der Waals surface area contributed by atoms with Crippen LogP contribution in [0.5, 0.6) is 0 Å². The van der Waals surface area contributed by atoms with Crippen LogP contribution in [0.15, 0.2) is 24.3 Å². The molecule has 2 rings (SSSR count). The molecule has 0 aliphatic carbocycles. The zero-order chi connectivity index (χ0) is 14.2. The van der Waals surface area contributed by atoms with Crippen LogP contribution in [-0.4, -0.2) is 18.5 Å². The highest BCUT2D eigenvalue weighted by Gasteiger charge is 2.20. The van der Waals surface area contributed by atoms with E-state index in [2.05, 4.69) is 29.7 Å². The van der Waals surface area contributed by atoms with Gasteiger partial charge in [-0.1, -0.05) is 38.3 Å². The molecule has 1 aromatic rings. The summed E-state index contributed by atoms with van der Waals surface area (Å²) >= 11 is 0. The van der Waals surface area contributed by atoms with Crippen molar-refractivity contribution in [1.82, 2.24) is 5.32 Å². The summed E-state index contributed by atoms with van der Waals surface area (Å²) in [7, 11) is 0. The number of aryl methyl sites for hydroxylation is 1. The van der Waals surface area contributed by atoms with Crippen LogP contribution in [-0.2, 0) is 11.2 Å². The van der Waals surface area contributed by atoms with E-state index in [1.165, 1.54) is 31.2 Å². The first-order valence-corrected chi connectivity index (χ1v) is 7.93. The van der Waals surface area contributed by atoms with Crippen LogP contribution < -0.4 is 10.6 Å². The lowest BCUT2D eigenvalue weighted by molar-refractivity contribution is -0.118. The molecule has 1 heterocycles. The summed E-state index contributed by atoms with van der Waals surface area (Å²) in [6.07, 6.45) is 8.17. The van der Waals surface area contributed by atoms with Gasteiger partial charge in [0.25, 0.3) is 0 Å². The Labute approximate surface area is 122 Å². The van der Waals surface area contributed by atoms with E-state index < -0.39 is 0 Å². The van der Waals surface area contributed by atoms with Crippen molar-refractivity contribution < 1.29 is 4.79 Å². The molecule has 0 spiro atoms. The number of carbonyl (C=O) groups excluding carboxylic acids is 1. The van der Waals surface area contributed by atoms with Crippen molar-refractivity contribution in [3.05, 3.63) is 29.8 Å². The predicted molar refractivity (Wildman–Crippen MR) is 83.9 cm³/mol. The van der Waals surface area contributed by atoms with Crippen LogP contribution in [0, 0.1) is 0 Å². The van der Waals surface area contributed by atoms with Crippen molar-refractivity contribution in [2.75, 3.05) is 11.9 Å². The Morgan fingerprint density at radius 1 is 1.25 bits per heavy atom. The third kappa shape index (κ3) is 4.64. The van der Waals surface area contributed by atoms with E-state index in [9.17, 15) is 4.79 Å². The van der Waals surface area contributed by atoms with Gasteiger partial charge in [-0.05, 0) is 49.9 Å². The van der Waals surface area contributed by atoms with Gasteiger partial charge in [-0.25, -0.2) is 0 Å². The summed E-state index contributed by atoms with van der Waals surface area (Å²) < 4.78 is 0. The molecule has 3 heteroatoms. The third-order valence-corrected chi connectivity index (χ3v) is 3.92. The topological polar surface area (TPSA) is 41.1 Å². The number of amides is 1. The molecule has 1 aromatic carbocycles. The molecule has 1 saturated heterocycles. The maximum Gasteiger partial charge on any atom is 0.241 e. The maximum atomic E-state index is 12.1. The van der Waals surface area contributed by atoms with Gasteiger partial charge in [-0.2, -0.15) is 0 Å². The third-order valence-electron chi connectivity index (χ3n) is 3.92. The van der Waals surface area contributed by atoms with Crippen LogP contribution in [0.25, 0.3) is 0 Å². The highest BCUT2D eigenvalue weighted by atomic mass is 16.2. The van der Waals surface area contributed by atoms with Gasteiger partial charge < -0.3 is 10.6 Å². The quantitative estimate of drug-likeness (QED) is 0.780. The monoisotopic (exact) mass is 274 g/mol. The van der Waals surface area contributed by atoms with Crippen LogP contribution in [0.1, 0.15) is 51.0 Å². The Hall–Kier alpha value is -1.35. The van der Waals surface area contributed by atoms with Crippen LogP contribution in [0.3, 0.4) is 0 Å². The second-order valence-electron chi connectivity index (χ2n) is 5.65. The second-order valence-corrected chi connectivity index (χ2v) is 5.65. The minimum absolute atomic E-state index is 0.0204. The smallest absolute Gasteiger partial charge is 0.241 e. The molecule has 1 fully saturated rings.